The van der Waals surface area contributed by atoms with Crippen molar-refractivity contribution in [3.63, 3.8) is 0 Å². The minimum atomic E-state index is -3.27. The third-order valence-corrected chi connectivity index (χ3v) is 4.32. The highest BCUT2D eigenvalue weighted by Crippen LogP contribution is 2.13. The number of piperidine rings is 1. The number of aryl methyl sites for hydroxylation is 1. The molecule has 0 radical (unpaired) electrons. The summed E-state index contributed by atoms with van der Waals surface area (Å²) < 4.78 is 26.9. The van der Waals surface area contributed by atoms with Crippen LogP contribution in [0.3, 0.4) is 0 Å². The summed E-state index contributed by atoms with van der Waals surface area (Å²) in [5.41, 5.74) is 0. The summed E-state index contributed by atoms with van der Waals surface area (Å²) in [6.45, 7) is 2.81. The number of aromatic nitrogens is 3. The van der Waals surface area contributed by atoms with Crippen molar-refractivity contribution >= 4 is 16.1 Å². The van der Waals surface area contributed by atoms with E-state index in [9.17, 15) is 13.2 Å². The van der Waals surface area contributed by atoms with Crippen molar-refractivity contribution in [1.82, 2.24) is 29.7 Å². The SMILES string of the molecule is C[C@H](NC(=O)N1CCC[C@H](NS(C)(=O)=O)C1)c1nncn1C. The zero-order valence-electron chi connectivity index (χ0n) is 13.0. The number of carbonyl (C=O) groups is 1. The number of rotatable bonds is 4. The first-order valence-electron chi connectivity index (χ1n) is 7.13. The van der Waals surface area contributed by atoms with E-state index in [-0.39, 0.29) is 18.1 Å². The van der Waals surface area contributed by atoms with Crippen molar-refractivity contribution in [1.29, 1.82) is 0 Å². The highest BCUT2D eigenvalue weighted by molar-refractivity contribution is 7.88. The molecule has 2 amide bonds. The standard InChI is InChI=1S/C12H22N6O3S/c1-9(11-15-13-8-17(11)2)14-12(19)18-6-4-5-10(7-18)16-22(3,20)21/h8-10,16H,4-7H2,1-3H3,(H,14,19)/t9-,10-/m0/s1. The lowest BCUT2D eigenvalue weighted by Crippen LogP contribution is -2.52. The molecular formula is C12H22N6O3S. The Hall–Kier alpha value is -1.68. The van der Waals surface area contributed by atoms with Crippen molar-refractivity contribution in [3.8, 4) is 0 Å². The lowest BCUT2D eigenvalue weighted by molar-refractivity contribution is 0.174. The summed E-state index contributed by atoms with van der Waals surface area (Å²) in [6, 6.07) is -0.738. The summed E-state index contributed by atoms with van der Waals surface area (Å²) >= 11 is 0. The molecular weight excluding hydrogens is 308 g/mol. The van der Waals surface area contributed by atoms with Crippen LogP contribution in [0.1, 0.15) is 31.6 Å². The number of nitrogens with one attached hydrogen (secondary N) is 2. The first kappa shape index (κ1) is 16.7. The number of sulfonamides is 1. The molecule has 2 rings (SSSR count). The number of carbonyl (C=O) groups excluding carboxylic acids is 1. The smallest absolute Gasteiger partial charge is 0.318 e. The van der Waals surface area contributed by atoms with Gasteiger partial charge in [0.2, 0.25) is 10.0 Å². The topological polar surface area (TPSA) is 109 Å². The molecule has 10 heteroatoms. The molecule has 0 aromatic carbocycles. The monoisotopic (exact) mass is 330 g/mol. The highest BCUT2D eigenvalue weighted by atomic mass is 32.2. The average molecular weight is 330 g/mol. The van der Waals surface area contributed by atoms with E-state index in [0.717, 1.165) is 19.1 Å². The number of amides is 2. The van der Waals surface area contributed by atoms with Gasteiger partial charge in [-0.05, 0) is 19.8 Å². The Morgan fingerprint density at radius 3 is 2.82 bits per heavy atom. The first-order chi connectivity index (χ1) is 10.3. The van der Waals surface area contributed by atoms with E-state index >= 15 is 0 Å². The van der Waals surface area contributed by atoms with Gasteiger partial charge in [0.25, 0.3) is 0 Å². The summed E-state index contributed by atoms with van der Waals surface area (Å²) in [5, 5.41) is 10.6. The fourth-order valence-electron chi connectivity index (χ4n) is 2.59. The van der Waals surface area contributed by atoms with Gasteiger partial charge in [-0.3, -0.25) is 0 Å². The molecule has 2 heterocycles. The Bertz CT molecular complexity index is 629. The van der Waals surface area contributed by atoms with Crippen molar-refractivity contribution in [2.24, 2.45) is 7.05 Å². The van der Waals surface area contributed by atoms with Crippen molar-refractivity contribution in [2.75, 3.05) is 19.3 Å². The fraction of sp³-hybridized carbons (Fsp3) is 0.750. The van der Waals surface area contributed by atoms with Crippen LogP contribution in [-0.4, -0.2) is 59.5 Å². The minimum Gasteiger partial charge on any atom is -0.328 e. The van der Waals surface area contributed by atoms with Crippen LogP contribution in [0.15, 0.2) is 6.33 Å². The number of urea groups is 1. The number of likely N-dealkylation sites (tertiary alicyclic amines) is 1. The molecule has 1 fully saturated rings. The molecule has 22 heavy (non-hydrogen) atoms. The Morgan fingerprint density at radius 1 is 1.50 bits per heavy atom. The van der Waals surface area contributed by atoms with Gasteiger partial charge in [-0.15, -0.1) is 10.2 Å². The van der Waals surface area contributed by atoms with Gasteiger partial charge in [-0.25, -0.2) is 17.9 Å². The normalized spacial score (nSPS) is 20.7. The van der Waals surface area contributed by atoms with E-state index in [0.29, 0.717) is 18.9 Å². The van der Waals surface area contributed by atoms with Crippen LogP contribution >= 0.6 is 0 Å². The lowest BCUT2D eigenvalue weighted by Gasteiger charge is -2.33. The van der Waals surface area contributed by atoms with E-state index in [1.165, 1.54) is 0 Å². The predicted molar refractivity (Wildman–Crippen MR) is 80.5 cm³/mol. The third kappa shape index (κ3) is 4.41. The number of hydrogen-bond donors (Lipinski definition) is 2. The molecule has 1 aliphatic rings. The van der Waals surface area contributed by atoms with Crippen molar-refractivity contribution in [2.45, 2.75) is 31.8 Å². The Labute approximate surface area is 130 Å². The molecule has 9 nitrogen and oxygen atoms in total. The molecule has 0 aliphatic carbocycles. The third-order valence-electron chi connectivity index (χ3n) is 3.56. The largest absolute Gasteiger partial charge is 0.328 e. The maximum Gasteiger partial charge on any atom is 0.318 e. The van der Waals surface area contributed by atoms with Crippen molar-refractivity contribution in [3.05, 3.63) is 12.2 Å². The van der Waals surface area contributed by atoms with Gasteiger partial charge in [0.05, 0.1) is 12.3 Å². The molecule has 2 N–H and O–H groups in total. The Kier molecular flexibility index (Phi) is 5.01. The summed E-state index contributed by atoms with van der Waals surface area (Å²) in [5.74, 6) is 0.663. The number of hydrogen-bond acceptors (Lipinski definition) is 5. The second-order valence-corrected chi connectivity index (χ2v) is 7.43. The average Bonchev–Trinajstić information content (AvgIpc) is 2.83. The molecule has 0 saturated carbocycles. The van der Waals surface area contributed by atoms with Crippen LogP contribution in [0.2, 0.25) is 0 Å². The molecule has 1 aromatic rings. The zero-order chi connectivity index (χ0) is 16.3. The van der Waals surface area contributed by atoms with Gasteiger partial charge in [0, 0.05) is 26.2 Å². The van der Waals surface area contributed by atoms with Crippen LogP contribution < -0.4 is 10.0 Å². The van der Waals surface area contributed by atoms with Crippen LogP contribution in [0.4, 0.5) is 4.79 Å². The van der Waals surface area contributed by atoms with Gasteiger partial charge in [0.1, 0.15) is 6.33 Å². The molecule has 1 saturated heterocycles. The van der Waals surface area contributed by atoms with Crippen LogP contribution in [0.5, 0.6) is 0 Å². The second kappa shape index (κ2) is 6.61. The zero-order valence-corrected chi connectivity index (χ0v) is 13.8. The van der Waals surface area contributed by atoms with Crippen LogP contribution in [0.25, 0.3) is 0 Å². The lowest BCUT2D eigenvalue weighted by atomic mass is 10.1. The van der Waals surface area contributed by atoms with E-state index in [4.69, 9.17) is 0 Å². The summed E-state index contributed by atoms with van der Waals surface area (Å²) in [6.07, 6.45) is 4.20. The number of nitrogens with zero attached hydrogens (tertiary/aromatic N) is 4. The van der Waals surface area contributed by atoms with E-state index in [1.54, 1.807) is 15.8 Å². The van der Waals surface area contributed by atoms with Gasteiger partial charge in [0.15, 0.2) is 5.82 Å². The predicted octanol–water partition coefficient (Wildman–Crippen LogP) is -0.401. The molecule has 0 bridgehead atoms. The van der Waals surface area contributed by atoms with Gasteiger partial charge >= 0.3 is 6.03 Å². The Balaban J connectivity index is 1.93. The second-order valence-electron chi connectivity index (χ2n) is 5.65. The summed E-state index contributed by atoms with van der Waals surface area (Å²) in [7, 11) is -1.46. The van der Waals surface area contributed by atoms with E-state index in [2.05, 4.69) is 20.2 Å². The fourth-order valence-corrected chi connectivity index (χ4v) is 3.38. The molecule has 1 aliphatic heterocycles. The Morgan fingerprint density at radius 2 is 2.23 bits per heavy atom. The van der Waals surface area contributed by atoms with E-state index < -0.39 is 10.0 Å². The molecule has 0 unspecified atom stereocenters. The molecule has 124 valence electrons. The summed E-state index contributed by atoms with van der Waals surface area (Å²) in [4.78, 5) is 13.9. The van der Waals surface area contributed by atoms with Gasteiger partial charge in [-0.2, -0.15) is 0 Å². The van der Waals surface area contributed by atoms with Gasteiger partial charge < -0.3 is 14.8 Å². The minimum absolute atomic E-state index is 0.226. The van der Waals surface area contributed by atoms with Crippen molar-refractivity contribution < 1.29 is 13.2 Å². The maximum atomic E-state index is 12.3. The molecule has 1 aromatic heterocycles. The quantitative estimate of drug-likeness (QED) is 0.781. The van der Waals surface area contributed by atoms with Crippen LogP contribution in [-0.2, 0) is 17.1 Å². The van der Waals surface area contributed by atoms with E-state index in [1.807, 2.05) is 14.0 Å². The first-order valence-corrected chi connectivity index (χ1v) is 9.02. The molecule has 0 spiro atoms. The highest BCUT2D eigenvalue weighted by Gasteiger charge is 2.26. The van der Waals surface area contributed by atoms with Gasteiger partial charge in [-0.1, -0.05) is 0 Å². The molecule has 2 atom stereocenters. The van der Waals surface area contributed by atoms with Crippen LogP contribution in [0, 0.1) is 0 Å². The maximum absolute atomic E-state index is 12.3.